The Morgan fingerprint density at radius 2 is 2.25 bits per heavy atom. The van der Waals surface area contributed by atoms with Crippen molar-refractivity contribution in [3.63, 3.8) is 0 Å². The lowest BCUT2D eigenvalue weighted by Gasteiger charge is -1.95. The molecule has 3 aromatic rings. The third kappa shape index (κ3) is 1.14. The van der Waals surface area contributed by atoms with Gasteiger partial charge in [0.25, 0.3) is 0 Å². The number of nitrogens with zero attached hydrogens (tertiary/aromatic N) is 2. The van der Waals surface area contributed by atoms with Gasteiger partial charge in [-0.2, -0.15) is 5.10 Å². The van der Waals surface area contributed by atoms with Crippen LogP contribution >= 0.6 is 22.9 Å². The van der Waals surface area contributed by atoms with Gasteiger partial charge in [-0.1, -0.05) is 11.6 Å². The van der Waals surface area contributed by atoms with E-state index in [1.165, 1.54) is 0 Å². The monoisotopic (exact) mass is 253 g/mol. The van der Waals surface area contributed by atoms with Gasteiger partial charge in [0.05, 0.1) is 5.52 Å². The van der Waals surface area contributed by atoms with Gasteiger partial charge in [0, 0.05) is 22.3 Å². The summed E-state index contributed by atoms with van der Waals surface area (Å²) in [5, 5.41) is 19.2. The van der Waals surface area contributed by atoms with Crippen LogP contribution in [-0.4, -0.2) is 26.3 Å². The summed E-state index contributed by atoms with van der Waals surface area (Å²) in [5.74, 6) is -0.994. The van der Waals surface area contributed by atoms with E-state index in [0.29, 0.717) is 11.0 Å². The lowest BCUT2D eigenvalue weighted by atomic mass is 10.2. The first-order valence-corrected chi connectivity index (χ1v) is 5.57. The number of carboxylic acids is 1. The fourth-order valence-electron chi connectivity index (χ4n) is 1.61. The minimum atomic E-state index is -0.994. The van der Waals surface area contributed by atoms with Gasteiger partial charge < -0.3 is 5.11 Å². The van der Waals surface area contributed by atoms with Crippen molar-refractivity contribution in [3.05, 3.63) is 21.6 Å². The van der Waals surface area contributed by atoms with Crippen LogP contribution in [0, 0.1) is 0 Å². The first-order valence-electron chi connectivity index (χ1n) is 4.32. The van der Waals surface area contributed by atoms with Gasteiger partial charge in [-0.3, -0.25) is 5.10 Å². The molecule has 0 radical (unpaired) electrons. The van der Waals surface area contributed by atoms with Crippen molar-refractivity contribution in [2.24, 2.45) is 0 Å². The summed E-state index contributed by atoms with van der Waals surface area (Å²) in [6, 6.07) is 0. The largest absolute Gasteiger partial charge is 0.477 e. The summed E-state index contributed by atoms with van der Waals surface area (Å²) in [6.45, 7) is 0. The maximum absolute atomic E-state index is 11.0. The van der Waals surface area contributed by atoms with Crippen LogP contribution in [0.15, 0.2) is 11.6 Å². The molecule has 0 unspecified atom stereocenters. The van der Waals surface area contributed by atoms with Gasteiger partial charge in [-0.25, -0.2) is 9.78 Å². The van der Waals surface area contributed by atoms with E-state index in [1.807, 2.05) is 0 Å². The number of hydrogen-bond donors (Lipinski definition) is 2. The predicted molar refractivity (Wildman–Crippen MR) is 61.2 cm³/mol. The number of rotatable bonds is 1. The fraction of sp³-hybridized carbons (Fsp3) is 0. The van der Waals surface area contributed by atoms with Crippen LogP contribution < -0.4 is 0 Å². The van der Waals surface area contributed by atoms with Gasteiger partial charge in [0.1, 0.15) is 10.4 Å². The van der Waals surface area contributed by atoms with Crippen molar-refractivity contribution >= 4 is 50.7 Å². The second kappa shape index (κ2) is 3.16. The Morgan fingerprint density at radius 1 is 1.44 bits per heavy atom. The molecule has 0 spiro atoms. The van der Waals surface area contributed by atoms with Crippen LogP contribution in [0.2, 0.25) is 5.15 Å². The van der Waals surface area contributed by atoms with Gasteiger partial charge in [0.2, 0.25) is 0 Å². The molecule has 80 valence electrons. The number of aromatic nitrogens is 3. The maximum Gasteiger partial charge on any atom is 0.348 e. The van der Waals surface area contributed by atoms with Crippen molar-refractivity contribution in [2.45, 2.75) is 0 Å². The molecular weight excluding hydrogens is 250 g/mol. The quantitative estimate of drug-likeness (QED) is 0.653. The Kier molecular flexibility index (Phi) is 1.89. The average Bonchev–Trinajstić information content (AvgIpc) is 2.80. The molecule has 0 amide bonds. The molecule has 0 aromatic carbocycles. The third-order valence-corrected chi connectivity index (χ3v) is 3.52. The van der Waals surface area contributed by atoms with Crippen LogP contribution in [-0.2, 0) is 0 Å². The Labute approximate surface area is 97.7 Å². The Bertz CT molecular complexity index is 718. The van der Waals surface area contributed by atoms with Crippen molar-refractivity contribution in [1.82, 2.24) is 15.2 Å². The van der Waals surface area contributed by atoms with E-state index in [4.69, 9.17) is 16.7 Å². The van der Waals surface area contributed by atoms with Crippen molar-refractivity contribution in [2.75, 3.05) is 0 Å². The van der Waals surface area contributed by atoms with Gasteiger partial charge in [-0.05, 0) is 0 Å². The van der Waals surface area contributed by atoms with E-state index in [-0.39, 0.29) is 10.0 Å². The first kappa shape index (κ1) is 9.56. The minimum Gasteiger partial charge on any atom is -0.477 e. The van der Waals surface area contributed by atoms with Gasteiger partial charge in [0.15, 0.2) is 5.15 Å². The number of carboxylic acid groups (broad SMARTS) is 1. The number of aromatic amines is 1. The predicted octanol–water partition coefficient (Wildman–Crippen LogP) is 2.52. The second-order valence-corrected chi connectivity index (χ2v) is 4.42. The molecule has 0 atom stereocenters. The summed E-state index contributed by atoms with van der Waals surface area (Å²) in [7, 11) is 0. The highest BCUT2D eigenvalue weighted by Gasteiger charge is 2.17. The number of fused-ring (bicyclic) bond motifs is 3. The number of thiophene rings is 1. The van der Waals surface area contributed by atoms with E-state index in [9.17, 15) is 4.79 Å². The molecule has 0 aliphatic carbocycles. The van der Waals surface area contributed by atoms with Crippen LogP contribution in [0.3, 0.4) is 0 Å². The first-order chi connectivity index (χ1) is 7.68. The molecule has 0 bridgehead atoms. The molecule has 0 fully saturated rings. The zero-order valence-electron chi connectivity index (χ0n) is 7.69. The Balaban J connectivity index is 2.55. The smallest absolute Gasteiger partial charge is 0.348 e. The molecule has 16 heavy (non-hydrogen) atoms. The number of pyridine rings is 1. The summed E-state index contributed by atoms with van der Waals surface area (Å²) in [5.41, 5.74) is 0.973. The Hall–Kier alpha value is -1.66. The van der Waals surface area contributed by atoms with E-state index >= 15 is 0 Å². The van der Waals surface area contributed by atoms with Gasteiger partial charge >= 0.3 is 5.97 Å². The Morgan fingerprint density at radius 3 is 3.00 bits per heavy atom. The number of halogens is 1. The van der Waals surface area contributed by atoms with Crippen molar-refractivity contribution in [3.8, 4) is 0 Å². The SMILES string of the molecule is O=C(O)c1scc2c1nc(Cl)c1n[nH]cc12. The highest BCUT2D eigenvalue weighted by atomic mass is 35.5. The van der Waals surface area contributed by atoms with E-state index in [0.717, 1.165) is 22.1 Å². The van der Waals surface area contributed by atoms with Crippen LogP contribution in [0.25, 0.3) is 21.8 Å². The molecule has 0 aliphatic rings. The van der Waals surface area contributed by atoms with E-state index in [1.54, 1.807) is 11.6 Å². The highest BCUT2D eigenvalue weighted by Crippen LogP contribution is 2.32. The van der Waals surface area contributed by atoms with Crippen molar-refractivity contribution < 1.29 is 9.90 Å². The minimum absolute atomic E-state index is 0.194. The van der Waals surface area contributed by atoms with E-state index in [2.05, 4.69) is 15.2 Å². The summed E-state index contributed by atoms with van der Waals surface area (Å²) in [6.07, 6.45) is 1.68. The second-order valence-electron chi connectivity index (χ2n) is 3.18. The highest BCUT2D eigenvalue weighted by molar-refractivity contribution is 7.13. The molecule has 5 nitrogen and oxygen atoms in total. The zero-order valence-corrected chi connectivity index (χ0v) is 9.26. The number of aromatic carboxylic acids is 1. The van der Waals surface area contributed by atoms with E-state index < -0.39 is 5.97 Å². The average molecular weight is 254 g/mol. The standard InChI is InChI=1S/C9H4ClN3O2S/c10-8-6-3(1-11-13-6)4-2-16-7(9(14)15)5(4)12-8/h1-2H,(H,11,13)(H,14,15). The third-order valence-electron chi connectivity index (χ3n) is 2.29. The molecule has 0 saturated heterocycles. The topological polar surface area (TPSA) is 78.9 Å². The number of nitrogens with one attached hydrogen (secondary N) is 1. The molecular formula is C9H4ClN3O2S. The van der Waals surface area contributed by atoms with Crippen LogP contribution in [0.4, 0.5) is 0 Å². The maximum atomic E-state index is 11.0. The zero-order chi connectivity index (χ0) is 11.3. The molecule has 3 aromatic heterocycles. The van der Waals surface area contributed by atoms with Gasteiger partial charge in [-0.15, -0.1) is 11.3 Å². The molecule has 3 rings (SSSR count). The molecule has 0 saturated carbocycles. The number of H-pyrrole nitrogens is 1. The molecule has 3 heterocycles. The van der Waals surface area contributed by atoms with Crippen molar-refractivity contribution in [1.29, 1.82) is 0 Å². The molecule has 2 N–H and O–H groups in total. The number of hydrogen-bond acceptors (Lipinski definition) is 4. The summed E-state index contributed by atoms with van der Waals surface area (Å²) < 4.78 is 0. The fourth-order valence-corrected chi connectivity index (χ4v) is 2.68. The molecule has 7 heteroatoms. The lowest BCUT2D eigenvalue weighted by Crippen LogP contribution is -1.93. The van der Waals surface area contributed by atoms with Crippen LogP contribution in [0.1, 0.15) is 9.67 Å². The normalized spacial score (nSPS) is 11.3. The van der Waals surface area contributed by atoms with Crippen LogP contribution in [0.5, 0.6) is 0 Å². The lowest BCUT2D eigenvalue weighted by molar-refractivity contribution is 0.0704. The molecule has 0 aliphatic heterocycles. The summed E-state index contributed by atoms with van der Waals surface area (Å²) in [4.78, 5) is 15.2. The summed E-state index contributed by atoms with van der Waals surface area (Å²) >= 11 is 7.06. The number of carbonyl (C=O) groups is 1.